The molecule has 1 saturated heterocycles. The van der Waals surface area contributed by atoms with E-state index in [0.717, 1.165) is 32.2 Å². The molecule has 3 atom stereocenters. The van der Waals surface area contributed by atoms with Crippen LogP contribution in [0.1, 0.15) is 39.5 Å². The van der Waals surface area contributed by atoms with Crippen molar-refractivity contribution in [2.75, 3.05) is 13.2 Å². The second kappa shape index (κ2) is 6.33. The van der Waals surface area contributed by atoms with Crippen LogP contribution in [0, 0.1) is 0 Å². The minimum absolute atomic E-state index is 0.115. The van der Waals surface area contributed by atoms with Crippen LogP contribution in [-0.4, -0.2) is 42.4 Å². The Kier molecular flexibility index (Phi) is 5.38. The molecule has 0 radical (unpaired) electrons. The van der Waals surface area contributed by atoms with Crippen LogP contribution in [0.25, 0.3) is 0 Å². The molecule has 1 N–H and O–H groups in total. The maximum atomic E-state index is 10.9. The molecule has 4 nitrogen and oxygen atoms in total. The maximum Gasteiger partial charge on any atom is 0.175 e. The molecule has 16 heavy (non-hydrogen) atoms. The Morgan fingerprint density at radius 1 is 1.50 bits per heavy atom. The highest BCUT2D eigenvalue weighted by Gasteiger charge is 2.60. The first-order chi connectivity index (χ1) is 7.71. The fourth-order valence-electron chi connectivity index (χ4n) is 1.86. The van der Waals surface area contributed by atoms with Crippen molar-refractivity contribution in [1.82, 2.24) is 0 Å². The topological polar surface area (TPSA) is 59.1 Å². The van der Waals surface area contributed by atoms with E-state index < -0.39 is 11.7 Å². The van der Waals surface area contributed by atoms with Crippen molar-refractivity contribution in [2.45, 2.75) is 57.3 Å². The molecule has 4 heteroatoms. The molecule has 0 aliphatic carbocycles. The second-order valence-corrected chi connectivity index (χ2v) is 4.26. The molecular weight excluding hydrogens is 208 g/mol. The van der Waals surface area contributed by atoms with Gasteiger partial charge in [0.05, 0.1) is 12.2 Å². The van der Waals surface area contributed by atoms with Gasteiger partial charge in [0.2, 0.25) is 0 Å². The molecule has 0 amide bonds. The molecule has 94 valence electrons. The third kappa shape index (κ3) is 3.03. The summed E-state index contributed by atoms with van der Waals surface area (Å²) in [5, 5.41) is 9.86. The molecule has 1 aliphatic heterocycles. The van der Waals surface area contributed by atoms with Gasteiger partial charge in [-0.3, -0.25) is 4.79 Å². The SMILES string of the molecule is CCCCOCC[C@@H](O)C1(C=O)OC1CC. The maximum absolute atomic E-state index is 10.9. The molecule has 0 aromatic rings. The Morgan fingerprint density at radius 3 is 2.75 bits per heavy atom. The average molecular weight is 230 g/mol. The number of aliphatic hydroxyl groups excluding tert-OH is 1. The zero-order chi connectivity index (χ0) is 12.0. The lowest BCUT2D eigenvalue weighted by Gasteiger charge is -2.14. The average Bonchev–Trinajstić information content (AvgIpc) is 3.03. The lowest BCUT2D eigenvalue weighted by Crippen LogP contribution is -2.34. The van der Waals surface area contributed by atoms with E-state index >= 15 is 0 Å². The number of ether oxygens (including phenoxy) is 2. The molecular formula is C12H22O4. The molecule has 0 saturated carbocycles. The van der Waals surface area contributed by atoms with Gasteiger partial charge in [0, 0.05) is 19.6 Å². The number of epoxide rings is 1. The summed E-state index contributed by atoms with van der Waals surface area (Å²) < 4.78 is 10.6. The number of aldehydes is 1. The Balaban J connectivity index is 2.19. The van der Waals surface area contributed by atoms with Crippen LogP contribution in [0.2, 0.25) is 0 Å². The minimum Gasteiger partial charge on any atom is -0.389 e. The summed E-state index contributed by atoms with van der Waals surface area (Å²) in [5.74, 6) is 0. The molecule has 0 aromatic heterocycles. The molecule has 1 fully saturated rings. The summed E-state index contributed by atoms with van der Waals surface area (Å²) in [6, 6.07) is 0. The third-order valence-corrected chi connectivity index (χ3v) is 3.05. The van der Waals surface area contributed by atoms with Gasteiger partial charge in [-0.25, -0.2) is 0 Å². The smallest absolute Gasteiger partial charge is 0.175 e. The van der Waals surface area contributed by atoms with Gasteiger partial charge in [-0.1, -0.05) is 20.3 Å². The molecule has 0 spiro atoms. The van der Waals surface area contributed by atoms with Crippen LogP contribution in [0.5, 0.6) is 0 Å². The first kappa shape index (κ1) is 13.6. The van der Waals surface area contributed by atoms with Crippen LogP contribution >= 0.6 is 0 Å². The lowest BCUT2D eigenvalue weighted by molar-refractivity contribution is -0.116. The van der Waals surface area contributed by atoms with Gasteiger partial charge < -0.3 is 14.6 Å². The van der Waals surface area contributed by atoms with Crippen molar-refractivity contribution >= 4 is 6.29 Å². The van der Waals surface area contributed by atoms with Crippen LogP contribution in [0.15, 0.2) is 0 Å². The van der Waals surface area contributed by atoms with Gasteiger partial charge in [0.15, 0.2) is 11.9 Å². The van der Waals surface area contributed by atoms with Crippen molar-refractivity contribution < 1.29 is 19.4 Å². The fraction of sp³-hybridized carbons (Fsp3) is 0.917. The van der Waals surface area contributed by atoms with Crippen LogP contribution in [0.4, 0.5) is 0 Å². The van der Waals surface area contributed by atoms with Crippen LogP contribution in [-0.2, 0) is 14.3 Å². The van der Waals surface area contributed by atoms with E-state index in [-0.39, 0.29) is 6.10 Å². The normalized spacial score (nSPS) is 30.1. The van der Waals surface area contributed by atoms with Gasteiger partial charge in [0.25, 0.3) is 0 Å². The quantitative estimate of drug-likeness (QED) is 0.368. The van der Waals surface area contributed by atoms with Crippen molar-refractivity contribution in [3.05, 3.63) is 0 Å². The molecule has 1 rings (SSSR count). The summed E-state index contributed by atoms with van der Waals surface area (Å²) in [5.41, 5.74) is -0.942. The van der Waals surface area contributed by atoms with Crippen molar-refractivity contribution in [3.63, 3.8) is 0 Å². The molecule has 1 heterocycles. The van der Waals surface area contributed by atoms with E-state index in [1.807, 2.05) is 6.92 Å². The Labute approximate surface area is 96.9 Å². The summed E-state index contributed by atoms with van der Waals surface area (Å²) in [6.07, 6.45) is 3.22. The number of aliphatic hydroxyl groups is 1. The minimum atomic E-state index is -0.942. The largest absolute Gasteiger partial charge is 0.389 e. The summed E-state index contributed by atoms with van der Waals surface area (Å²) in [6.45, 7) is 5.25. The number of carbonyl (C=O) groups is 1. The van der Waals surface area contributed by atoms with E-state index in [2.05, 4.69) is 6.92 Å². The van der Waals surface area contributed by atoms with Gasteiger partial charge in [-0.2, -0.15) is 0 Å². The van der Waals surface area contributed by atoms with E-state index in [4.69, 9.17) is 9.47 Å². The zero-order valence-corrected chi connectivity index (χ0v) is 10.1. The molecule has 2 unspecified atom stereocenters. The first-order valence-corrected chi connectivity index (χ1v) is 6.11. The Bertz CT molecular complexity index is 219. The molecule has 0 aromatic carbocycles. The summed E-state index contributed by atoms with van der Waals surface area (Å²) in [7, 11) is 0. The van der Waals surface area contributed by atoms with Crippen molar-refractivity contribution in [1.29, 1.82) is 0 Å². The van der Waals surface area contributed by atoms with E-state index in [1.54, 1.807) is 0 Å². The van der Waals surface area contributed by atoms with Gasteiger partial charge in [-0.05, 0) is 12.8 Å². The predicted molar refractivity (Wildman–Crippen MR) is 60.3 cm³/mol. The van der Waals surface area contributed by atoms with Crippen molar-refractivity contribution in [3.8, 4) is 0 Å². The van der Waals surface area contributed by atoms with Crippen LogP contribution < -0.4 is 0 Å². The van der Waals surface area contributed by atoms with Crippen molar-refractivity contribution in [2.24, 2.45) is 0 Å². The second-order valence-electron chi connectivity index (χ2n) is 4.26. The molecule has 1 aliphatic rings. The molecule has 0 bridgehead atoms. The number of carbonyl (C=O) groups excluding carboxylic acids is 1. The monoisotopic (exact) mass is 230 g/mol. The van der Waals surface area contributed by atoms with E-state index in [0.29, 0.717) is 13.0 Å². The zero-order valence-electron chi connectivity index (χ0n) is 10.1. The van der Waals surface area contributed by atoms with E-state index in [1.165, 1.54) is 0 Å². The summed E-state index contributed by atoms with van der Waals surface area (Å²) in [4.78, 5) is 10.9. The highest BCUT2D eigenvalue weighted by molar-refractivity contribution is 5.69. The number of hydrogen-bond donors (Lipinski definition) is 1. The van der Waals surface area contributed by atoms with Gasteiger partial charge >= 0.3 is 0 Å². The number of rotatable bonds is 9. The fourth-order valence-corrected chi connectivity index (χ4v) is 1.86. The number of unbranched alkanes of at least 4 members (excludes halogenated alkanes) is 1. The van der Waals surface area contributed by atoms with Gasteiger partial charge in [0.1, 0.15) is 0 Å². The van der Waals surface area contributed by atoms with Crippen LogP contribution in [0.3, 0.4) is 0 Å². The summed E-state index contributed by atoms with van der Waals surface area (Å²) >= 11 is 0. The Morgan fingerprint density at radius 2 is 2.25 bits per heavy atom. The highest BCUT2D eigenvalue weighted by atomic mass is 16.6. The van der Waals surface area contributed by atoms with Gasteiger partial charge in [-0.15, -0.1) is 0 Å². The third-order valence-electron chi connectivity index (χ3n) is 3.05. The first-order valence-electron chi connectivity index (χ1n) is 6.11. The highest BCUT2D eigenvalue weighted by Crippen LogP contribution is 2.40. The lowest BCUT2D eigenvalue weighted by atomic mass is 9.96. The standard InChI is InChI=1S/C12H22O4/c1-3-5-7-15-8-6-10(14)12(9-13)11(4-2)16-12/h9-11,14H,3-8H2,1-2H3/t10-,11?,12?/m1/s1. The van der Waals surface area contributed by atoms with E-state index in [9.17, 15) is 9.90 Å². The predicted octanol–water partition coefficient (Wildman–Crippen LogP) is 1.30. The Hall–Kier alpha value is -0.450. The number of hydrogen-bond acceptors (Lipinski definition) is 4.